The molecular formula is C15H25N. The largest absolute Gasteiger partial charge is 0.325 e. The van der Waals surface area contributed by atoms with E-state index in [1.54, 1.807) is 0 Å². The zero-order chi connectivity index (χ0) is 12.3. The molecule has 1 aromatic carbocycles. The summed E-state index contributed by atoms with van der Waals surface area (Å²) in [7, 11) is 0. The molecule has 0 aromatic heterocycles. The highest BCUT2D eigenvalue weighted by molar-refractivity contribution is 5.34. The van der Waals surface area contributed by atoms with E-state index in [1.165, 1.54) is 16.7 Å². The Morgan fingerprint density at radius 2 is 1.81 bits per heavy atom. The van der Waals surface area contributed by atoms with E-state index in [0.717, 1.165) is 12.8 Å². The van der Waals surface area contributed by atoms with Gasteiger partial charge in [0, 0.05) is 5.54 Å². The third-order valence-electron chi connectivity index (χ3n) is 2.92. The fraction of sp³-hybridized carbons (Fsp3) is 0.600. The van der Waals surface area contributed by atoms with Crippen LogP contribution in [0.5, 0.6) is 0 Å². The Morgan fingerprint density at radius 3 is 2.25 bits per heavy atom. The first-order chi connectivity index (χ1) is 7.33. The van der Waals surface area contributed by atoms with E-state index in [0.29, 0.717) is 5.92 Å². The first kappa shape index (κ1) is 13.2. The first-order valence-corrected chi connectivity index (χ1v) is 6.24. The summed E-state index contributed by atoms with van der Waals surface area (Å²) in [5, 5.41) is 0. The Labute approximate surface area is 100 Å². The number of hydrogen-bond donors (Lipinski definition) is 1. The van der Waals surface area contributed by atoms with E-state index in [1.807, 2.05) is 0 Å². The van der Waals surface area contributed by atoms with Crippen LogP contribution in [0.2, 0.25) is 0 Å². The van der Waals surface area contributed by atoms with Crippen LogP contribution in [0.3, 0.4) is 0 Å². The fourth-order valence-corrected chi connectivity index (χ4v) is 2.01. The van der Waals surface area contributed by atoms with E-state index in [2.05, 4.69) is 52.8 Å². The highest BCUT2D eigenvalue weighted by Gasteiger charge is 2.14. The molecule has 0 aliphatic heterocycles. The van der Waals surface area contributed by atoms with Gasteiger partial charge in [0.2, 0.25) is 0 Å². The van der Waals surface area contributed by atoms with Gasteiger partial charge in [0.05, 0.1) is 0 Å². The highest BCUT2D eigenvalue weighted by atomic mass is 14.7. The van der Waals surface area contributed by atoms with Gasteiger partial charge in [-0.05, 0) is 49.3 Å². The molecule has 0 fully saturated rings. The molecule has 1 aromatic rings. The SMILES string of the molecule is CCc1ccc(C(C)C)cc1CC(C)(C)N. The topological polar surface area (TPSA) is 26.0 Å². The number of hydrogen-bond acceptors (Lipinski definition) is 1. The molecule has 0 atom stereocenters. The number of benzene rings is 1. The zero-order valence-electron chi connectivity index (χ0n) is 11.3. The smallest absolute Gasteiger partial charge is 0.0138 e. The molecule has 1 heteroatoms. The predicted octanol–water partition coefficient (Wildman–Crippen LogP) is 3.65. The van der Waals surface area contributed by atoms with Crippen molar-refractivity contribution in [2.24, 2.45) is 5.73 Å². The second kappa shape index (κ2) is 5.01. The minimum absolute atomic E-state index is 0.125. The van der Waals surface area contributed by atoms with Crippen LogP contribution in [0.1, 0.15) is 57.2 Å². The summed E-state index contributed by atoms with van der Waals surface area (Å²) in [5.74, 6) is 0.588. The summed E-state index contributed by atoms with van der Waals surface area (Å²) >= 11 is 0. The Balaban J connectivity index is 3.07. The fourth-order valence-electron chi connectivity index (χ4n) is 2.01. The van der Waals surface area contributed by atoms with Gasteiger partial charge in [-0.1, -0.05) is 39.0 Å². The Bertz CT molecular complexity index is 345. The monoisotopic (exact) mass is 219 g/mol. The van der Waals surface area contributed by atoms with Crippen LogP contribution in [-0.2, 0) is 12.8 Å². The van der Waals surface area contributed by atoms with Crippen molar-refractivity contribution in [3.8, 4) is 0 Å². The van der Waals surface area contributed by atoms with Crippen LogP contribution < -0.4 is 5.73 Å². The van der Waals surface area contributed by atoms with Gasteiger partial charge in [-0.15, -0.1) is 0 Å². The van der Waals surface area contributed by atoms with Crippen molar-refractivity contribution in [3.05, 3.63) is 34.9 Å². The van der Waals surface area contributed by atoms with E-state index < -0.39 is 0 Å². The highest BCUT2D eigenvalue weighted by Crippen LogP contribution is 2.22. The average Bonchev–Trinajstić information content (AvgIpc) is 2.15. The Hall–Kier alpha value is -0.820. The van der Waals surface area contributed by atoms with Gasteiger partial charge < -0.3 is 5.73 Å². The van der Waals surface area contributed by atoms with Crippen LogP contribution in [0, 0.1) is 0 Å². The van der Waals surface area contributed by atoms with Crippen molar-refractivity contribution >= 4 is 0 Å². The van der Waals surface area contributed by atoms with E-state index in [9.17, 15) is 0 Å². The summed E-state index contributed by atoms with van der Waals surface area (Å²) in [5.41, 5.74) is 10.3. The van der Waals surface area contributed by atoms with Crippen LogP contribution in [0.25, 0.3) is 0 Å². The van der Waals surface area contributed by atoms with Crippen molar-refractivity contribution in [3.63, 3.8) is 0 Å². The van der Waals surface area contributed by atoms with Gasteiger partial charge in [0.25, 0.3) is 0 Å². The van der Waals surface area contributed by atoms with E-state index in [4.69, 9.17) is 5.73 Å². The maximum atomic E-state index is 6.12. The maximum absolute atomic E-state index is 6.12. The first-order valence-electron chi connectivity index (χ1n) is 6.24. The molecule has 1 rings (SSSR count). The lowest BCUT2D eigenvalue weighted by Crippen LogP contribution is -2.34. The maximum Gasteiger partial charge on any atom is 0.0138 e. The van der Waals surface area contributed by atoms with Gasteiger partial charge in [-0.3, -0.25) is 0 Å². The van der Waals surface area contributed by atoms with Crippen molar-refractivity contribution in [1.82, 2.24) is 0 Å². The standard InChI is InChI=1S/C15H25N/c1-6-12-7-8-13(11(2)3)9-14(12)10-15(4,5)16/h7-9,11H,6,10,16H2,1-5H3. The van der Waals surface area contributed by atoms with Gasteiger partial charge >= 0.3 is 0 Å². The van der Waals surface area contributed by atoms with Gasteiger partial charge in [-0.25, -0.2) is 0 Å². The van der Waals surface area contributed by atoms with Gasteiger partial charge in [-0.2, -0.15) is 0 Å². The number of nitrogens with two attached hydrogens (primary N) is 1. The minimum atomic E-state index is -0.125. The van der Waals surface area contributed by atoms with Crippen molar-refractivity contribution < 1.29 is 0 Å². The van der Waals surface area contributed by atoms with Crippen molar-refractivity contribution in [2.45, 2.75) is 58.9 Å². The molecule has 0 saturated heterocycles. The van der Waals surface area contributed by atoms with Crippen LogP contribution >= 0.6 is 0 Å². The summed E-state index contributed by atoms with van der Waals surface area (Å²) < 4.78 is 0. The molecule has 0 spiro atoms. The molecule has 0 aliphatic rings. The lowest BCUT2D eigenvalue weighted by Gasteiger charge is -2.21. The third kappa shape index (κ3) is 3.64. The predicted molar refractivity (Wildman–Crippen MR) is 71.9 cm³/mol. The van der Waals surface area contributed by atoms with E-state index >= 15 is 0 Å². The molecule has 2 N–H and O–H groups in total. The lowest BCUT2D eigenvalue weighted by atomic mass is 9.89. The normalized spacial score (nSPS) is 12.2. The van der Waals surface area contributed by atoms with Crippen LogP contribution in [0.15, 0.2) is 18.2 Å². The van der Waals surface area contributed by atoms with Crippen LogP contribution in [0.4, 0.5) is 0 Å². The van der Waals surface area contributed by atoms with E-state index in [-0.39, 0.29) is 5.54 Å². The van der Waals surface area contributed by atoms with Gasteiger partial charge in [0.1, 0.15) is 0 Å². The third-order valence-corrected chi connectivity index (χ3v) is 2.92. The number of aryl methyl sites for hydroxylation is 1. The Morgan fingerprint density at radius 1 is 1.19 bits per heavy atom. The quantitative estimate of drug-likeness (QED) is 0.822. The molecule has 0 radical (unpaired) electrons. The van der Waals surface area contributed by atoms with Crippen LogP contribution in [-0.4, -0.2) is 5.54 Å². The average molecular weight is 219 g/mol. The second-order valence-corrected chi connectivity index (χ2v) is 5.70. The summed E-state index contributed by atoms with van der Waals surface area (Å²) in [4.78, 5) is 0. The molecule has 0 aliphatic carbocycles. The van der Waals surface area contributed by atoms with Gasteiger partial charge in [0.15, 0.2) is 0 Å². The molecule has 16 heavy (non-hydrogen) atoms. The minimum Gasteiger partial charge on any atom is -0.325 e. The molecule has 0 amide bonds. The molecular weight excluding hydrogens is 194 g/mol. The molecule has 0 saturated carbocycles. The zero-order valence-corrected chi connectivity index (χ0v) is 11.3. The van der Waals surface area contributed by atoms with Crippen molar-refractivity contribution in [1.29, 1.82) is 0 Å². The molecule has 1 nitrogen and oxygen atoms in total. The molecule has 0 bridgehead atoms. The summed E-state index contributed by atoms with van der Waals surface area (Å²) in [6, 6.07) is 6.84. The lowest BCUT2D eigenvalue weighted by molar-refractivity contribution is 0.514. The summed E-state index contributed by atoms with van der Waals surface area (Å²) in [6.07, 6.45) is 2.04. The molecule has 90 valence electrons. The summed E-state index contributed by atoms with van der Waals surface area (Å²) in [6.45, 7) is 10.9. The number of rotatable bonds is 4. The Kier molecular flexibility index (Phi) is 4.15. The van der Waals surface area contributed by atoms with Crippen molar-refractivity contribution in [2.75, 3.05) is 0 Å². The molecule has 0 heterocycles. The molecule has 0 unspecified atom stereocenters. The second-order valence-electron chi connectivity index (χ2n) is 5.70.